The number of halogens is 1. The molecule has 0 N–H and O–H groups in total. The molecular weight excluding hydrogens is 432 g/mol. The zero-order valence-corrected chi connectivity index (χ0v) is 18.9. The number of thiazole rings is 1. The third-order valence-electron chi connectivity index (χ3n) is 4.66. The number of nitrogens with zero attached hydrogens (tertiary/aromatic N) is 4. The summed E-state index contributed by atoms with van der Waals surface area (Å²) in [5.74, 6) is 0.641. The molecule has 0 spiro atoms. The molecule has 31 heavy (non-hydrogen) atoms. The second kappa shape index (κ2) is 9.49. The molecule has 0 unspecified atom stereocenters. The number of aromatic nitrogens is 3. The van der Waals surface area contributed by atoms with E-state index in [-0.39, 0.29) is 12.0 Å². The highest BCUT2D eigenvalue weighted by Crippen LogP contribution is 2.33. The molecule has 4 aromatic rings. The van der Waals surface area contributed by atoms with Gasteiger partial charge >= 0.3 is 0 Å². The summed E-state index contributed by atoms with van der Waals surface area (Å²) in [4.78, 5) is 23.9. The molecule has 0 aliphatic rings. The van der Waals surface area contributed by atoms with Crippen molar-refractivity contribution >= 4 is 44.2 Å². The topological polar surface area (TPSA) is 60.2 Å². The standard InChI is InChI=1S/C23H23ClN4O2S/c1-16(2)30-18-9-7-17(8-10-18)22(29)28(13-4-12-27-14-11-25-15-27)23-26-21-19(24)5-3-6-20(21)31-23/h3,5-11,14-16H,4,12-13H2,1-2H3. The first kappa shape index (κ1) is 21.3. The van der Waals surface area contributed by atoms with E-state index in [0.29, 0.717) is 22.3 Å². The number of ether oxygens (including phenoxy) is 1. The van der Waals surface area contributed by atoms with Crippen LogP contribution in [0.5, 0.6) is 5.75 Å². The summed E-state index contributed by atoms with van der Waals surface area (Å²) in [7, 11) is 0. The summed E-state index contributed by atoms with van der Waals surface area (Å²) < 4.78 is 8.65. The van der Waals surface area contributed by atoms with E-state index in [1.807, 2.05) is 54.9 Å². The van der Waals surface area contributed by atoms with Gasteiger partial charge in [0.2, 0.25) is 0 Å². The SMILES string of the molecule is CC(C)Oc1ccc(C(=O)N(CCCn2ccnc2)c2nc3c(Cl)cccc3s2)cc1. The second-order valence-electron chi connectivity index (χ2n) is 7.38. The molecule has 0 bridgehead atoms. The summed E-state index contributed by atoms with van der Waals surface area (Å²) in [6.07, 6.45) is 6.28. The lowest BCUT2D eigenvalue weighted by Gasteiger charge is -2.20. The fraction of sp³-hybridized carbons (Fsp3) is 0.261. The molecule has 4 rings (SSSR count). The van der Waals surface area contributed by atoms with Gasteiger partial charge in [0.25, 0.3) is 5.91 Å². The van der Waals surface area contributed by atoms with E-state index in [9.17, 15) is 4.79 Å². The Morgan fingerprint density at radius 3 is 2.71 bits per heavy atom. The molecule has 2 aromatic heterocycles. The molecule has 0 aliphatic heterocycles. The van der Waals surface area contributed by atoms with Crippen molar-refractivity contribution in [2.24, 2.45) is 0 Å². The van der Waals surface area contributed by atoms with Crippen LogP contribution in [0.25, 0.3) is 10.2 Å². The Hall–Kier alpha value is -2.90. The van der Waals surface area contributed by atoms with E-state index < -0.39 is 0 Å². The molecule has 2 aromatic carbocycles. The highest BCUT2D eigenvalue weighted by Gasteiger charge is 2.22. The van der Waals surface area contributed by atoms with Crippen molar-refractivity contribution in [1.82, 2.24) is 14.5 Å². The Labute approximate surface area is 190 Å². The number of hydrogen-bond donors (Lipinski definition) is 0. The Balaban J connectivity index is 1.60. The van der Waals surface area contributed by atoms with Crippen molar-refractivity contribution in [2.45, 2.75) is 32.9 Å². The highest BCUT2D eigenvalue weighted by molar-refractivity contribution is 7.22. The molecule has 160 valence electrons. The van der Waals surface area contributed by atoms with E-state index >= 15 is 0 Å². The fourth-order valence-corrected chi connectivity index (χ4v) is 4.53. The molecule has 2 heterocycles. The van der Waals surface area contributed by atoms with Crippen LogP contribution in [0.4, 0.5) is 5.13 Å². The van der Waals surface area contributed by atoms with Gasteiger partial charge < -0.3 is 9.30 Å². The maximum atomic E-state index is 13.4. The smallest absolute Gasteiger partial charge is 0.260 e. The van der Waals surface area contributed by atoms with Gasteiger partial charge in [-0.25, -0.2) is 9.97 Å². The van der Waals surface area contributed by atoms with Gasteiger partial charge in [0.15, 0.2) is 5.13 Å². The lowest BCUT2D eigenvalue weighted by atomic mass is 10.2. The number of aryl methyl sites for hydroxylation is 1. The van der Waals surface area contributed by atoms with Crippen molar-refractivity contribution in [3.8, 4) is 5.75 Å². The van der Waals surface area contributed by atoms with Crippen LogP contribution in [0, 0.1) is 0 Å². The van der Waals surface area contributed by atoms with Crippen LogP contribution in [0.3, 0.4) is 0 Å². The molecule has 0 aliphatic carbocycles. The number of amides is 1. The van der Waals surface area contributed by atoms with E-state index in [1.54, 1.807) is 29.6 Å². The predicted octanol–water partition coefficient (Wildman–Crippen LogP) is 5.67. The molecule has 1 amide bonds. The van der Waals surface area contributed by atoms with Gasteiger partial charge in [-0.3, -0.25) is 9.69 Å². The van der Waals surface area contributed by atoms with Crippen LogP contribution in [0.15, 0.2) is 61.2 Å². The van der Waals surface area contributed by atoms with E-state index in [1.165, 1.54) is 11.3 Å². The molecular formula is C23H23ClN4O2S. The van der Waals surface area contributed by atoms with Crippen LogP contribution in [0.2, 0.25) is 5.02 Å². The van der Waals surface area contributed by atoms with E-state index in [4.69, 9.17) is 16.3 Å². The molecule has 0 radical (unpaired) electrons. The minimum absolute atomic E-state index is 0.0775. The molecule has 0 saturated carbocycles. The summed E-state index contributed by atoms with van der Waals surface area (Å²) in [6.45, 7) is 5.23. The van der Waals surface area contributed by atoms with Gasteiger partial charge in [0.1, 0.15) is 11.3 Å². The zero-order valence-electron chi connectivity index (χ0n) is 17.4. The number of benzene rings is 2. The average Bonchev–Trinajstić information content (AvgIpc) is 3.41. The lowest BCUT2D eigenvalue weighted by molar-refractivity contribution is 0.0986. The van der Waals surface area contributed by atoms with Crippen LogP contribution in [0.1, 0.15) is 30.6 Å². The minimum atomic E-state index is -0.100. The van der Waals surface area contributed by atoms with Gasteiger partial charge in [-0.05, 0) is 56.7 Å². The van der Waals surface area contributed by atoms with Crippen LogP contribution < -0.4 is 9.64 Å². The van der Waals surface area contributed by atoms with Crippen molar-refractivity contribution in [2.75, 3.05) is 11.4 Å². The summed E-state index contributed by atoms with van der Waals surface area (Å²) >= 11 is 7.79. The van der Waals surface area contributed by atoms with E-state index in [2.05, 4.69) is 9.97 Å². The number of carbonyl (C=O) groups is 1. The van der Waals surface area contributed by atoms with Gasteiger partial charge in [-0.2, -0.15) is 0 Å². The quantitative estimate of drug-likeness (QED) is 0.344. The number of fused-ring (bicyclic) bond motifs is 1. The maximum Gasteiger partial charge on any atom is 0.260 e. The molecule has 0 saturated heterocycles. The average molecular weight is 455 g/mol. The van der Waals surface area contributed by atoms with Gasteiger partial charge in [-0.1, -0.05) is 29.0 Å². The molecule has 0 atom stereocenters. The Bertz CT molecular complexity index is 1160. The number of carbonyl (C=O) groups excluding carboxylic acids is 1. The second-order valence-corrected chi connectivity index (χ2v) is 8.80. The predicted molar refractivity (Wildman–Crippen MR) is 125 cm³/mol. The van der Waals surface area contributed by atoms with Crippen molar-refractivity contribution in [3.05, 3.63) is 71.8 Å². The van der Waals surface area contributed by atoms with E-state index in [0.717, 1.165) is 28.9 Å². The first-order valence-corrected chi connectivity index (χ1v) is 11.3. The van der Waals surface area contributed by atoms with Crippen LogP contribution in [-0.4, -0.2) is 33.1 Å². The molecule has 6 nitrogen and oxygen atoms in total. The normalized spacial score (nSPS) is 11.2. The van der Waals surface area contributed by atoms with Crippen molar-refractivity contribution < 1.29 is 9.53 Å². The monoisotopic (exact) mass is 454 g/mol. The Morgan fingerprint density at radius 2 is 2.03 bits per heavy atom. The number of rotatable bonds is 8. The number of hydrogen-bond acceptors (Lipinski definition) is 5. The number of anilines is 1. The summed E-state index contributed by atoms with van der Waals surface area (Å²) in [6, 6.07) is 12.9. The number of imidazole rings is 1. The highest BCUT2D eigenvalue weighted by atomic mass is 35.5. The van der Waals surface area contributed by atoms with Crippen molar-refractivity contribution in [1.29, 1.82) is 0 Å². The first-order valence-electron chi connectivity index (χ1n) is 10.1. The first-order chi connectivity index (χ1) is 15.0. The molecule has 8 heteroatoms. The summed E-state index contributed by atoms with van der Waals surface area (Å²) in [5.41, 5.74) is 1.31. The Kier molecular flexibility index (Phi) is 6.53. The summed E-state index contributed by atoms with van der Waals surface area (Å²) in [5, 5.41) is 1.22. The van der Waals surface area contributed by atoms with Crippen LogP contribution in [-0.2, 0) is 6.54 Å². The van der Waals surface area contributed by atoms with Gasteiger partial charge in [0.05, 0.1) is 22.2 Å². The largest absolute Gasteiger partial charge is 0.491 e. The van der Waals surface area contributed by atoms with Crippen molar-refractivity contribution in [3.63, 3.8) is 0 Å². The Morgan fingerprint density at radius 1 is 1.23 bits per heavy atom. The van der Waals surface area contributed by atoms with Gasteiger partial charge in [-0.15, -0.1) is 0 Å². The van der Waals surface area contributed by atoms with Crippen LogP contribution >= 0.6 is 22.9 Å². The van der Waals surface area contributed by atoms with Gasteiger partial charge in [0, 0.05) is 31.0 Å². The third-order valence-corrected chi connectivity index (χ3v) is 6.01. The number of para-hydroxylation sites is 1. The molecule has 0 fully saturated rings. The zero-order chi connectivity index (χ0) is 21.8. The third kappa shape index (κ3) is 5.06. The minimum Gasteiger partial charge on any atom is -0.491 e. The lowest BCUT2D eigenvalue weighted by Crippen LogP contribution is -2.32. The maximum absolute atomic E-state index is 13.4. The fourth-order valence-electron chi connectivity index (χ4n) is 3.24.